The van der Waals surface area contributed by atoms with Gasteiger partial charge in [0.2, 0.25) is 0 Å². The lowest BCUT2D eigenvalue weighted by atomic mass is 10.1. The first-order valence-electron chi connectivity index (χ1n) is 9.45. The van der Waals surface area contributed by atoms with E-state index in [9.17, 15) is 4.79 Å². The van der Waals surface area contributed by atoms with Crippen molar-refractivity contribution in [2.75, 3.05) is 18.4 Å². The molecule has 0 bridgehead atoms. The van der Waals surface area contributed by atoms with Gasteiger partial charge in [-0.1, -0.05) is 32.0 Å². The van der Waals surface area contributed by atoms with Crippen molar-refractivity contribution in [3.8, 4) is 0 Å². The number of hydrogen-bond acceptors (Lipinski definition) is 4. The van der Waals surface area contributed by atoms with E-state index in [1.54, 1.807) is 13.0 Å². The van der Waals surface area contributed by atoms with E-state index < -0.39 is 0 Å². The summed E-state index contributed by atoms with van der Waals surface area (Å²) in [5, 5.41) is 7.47. The third-order valence-corrected chi connectivity index (χ3v) is 4.45. The Bertz CT molecular complexity index is 916. The minimum absolute atomic E-state index is 0.152. The van der Waals surface area contributed by atoms with E-state index in [0.29, 0.717) is 29.8 Å². The summed E-state index contributed by atoms with van der Waals surface area (Å²) in [6.45, 7) is 7.46. The fourth-order valence-corrected chi connectivity index (χ4v) is 3.00. The number of nitrogens with one attached hydrogen (secondary N) is 3. The van der Waals surface area contributed by atoms with Crippen LogP contribution in [0.4, 0.5) is 5.82 Å². The molecule has 1 aromatic carbocycles. The maximum atomic E-state index is 12.3. The quantitative estimate of drug-likeness (QED) is 0.568. The van der Waals surface area contributed by atoms with Gasteiger partial charge in [-0.25, -0.2) is 9.97 Å². The molecule has 2 heterocycles. The number of benzene rings is 1. The molecular formula is C21H27N5O. The molecule has 0 radical (unpaired) electrons. The summed E-state index contributed by atoms with van der Waals surface area (Å²) in [7, 11) is 0. The molecule has 3 aromatic rings. The average Bonchev–Trinajstić information content (AvgIpc) is 3.04. The van der Waals surface area contributed by atoms with E-state index in [2.05, 4.69) is 51.6 Å². The lowest BCUT2D eigenvalue weighted by Gasteiger charge is -2.10. The van der Waals surface area contributed by atoms with Gasteiger partial charge in [0.05, 0.1) is 0 Å². The zero-order chi connectivity index (χ0) is 19.2. The summed E-state index contributed by atoms with van der Waals surface area (Å²) in [4.78, 5) is 24.3. The molecule has 3 N–H and O–H groups in total. The maximum Gasteiger partial charge on any atom is 0.270 e. The number of nitrogens with zero attached hydrogens (tertiary/aromatic N) is 2. The number of aromatic nitrogens is 3. The predicted octanol–water partition coefficient (Wildman–Crippen LogP) is 3.70. The highest BCUT2D eigenvalue weighted by Gasteiger charge is 2.10. The van der Waals surface area contributed by atoms with E-state index in [4.69, 9.17) is 0 Å². The van der Waals surface area contributed by atoms with Gasteiger partial charge >= 0.3 is 0 Å². The number of para-hydroxylation sites is 1. The minimum atomic E-state index is -0.152. The van der Waals surface area contributed by atoms with Crippen LogP contribution in [0.5, 0.6) is 0 Å². The summed E-state index contributed by atoms with van der Waals surface area (Å²) in [6, 6.07) is 9.98. The molecule has 0 aliphatic carbocycles. The monoisotopic (exact) mass is 365 g/mol. The third kappa shape index (κ3) is 5.06. The van der Waals surface area contributed by atoms with Gasteiger partial charge < -0.3 is 15.6 Å². The van der Waals surface area contributed by atoms with Crippen LogP contribution in [0, 0.1) is 12.8 Å². The highest BCUT2D eigenvalue weighted by Crippen LogP contribution is 2.18. The number of anilines is 1. The van der Waals surface area contributed by atoms with Crippen molar-refractivity contribution in [3.63, 3.8) is 0 Å². The second-order valence-electron chi connectivity index (χ2n) is 7.16. The Morgan fingerprint density at radius 1 is 1.19 bits per heavy atom. The predicted molar refractivity (Wildman–Crippen MR) is 109 cm³/mol. The summed E-state index contributed by atoms with van der Waals surface area (Å²) in [5.41, 5.74) is 2.81. The van der Waals surface area contributed by atoms with Crippen LogP contribution in [0.1, 0.15) is 42.1 Å². The van der Waals surface area contributed by atoms with Crippen LogP contribution in [0.25, 0.3) is 10.9 Å². The molecule has 142 valence electrons. The molecule has 0 saturated heterocycles. The van der Waals surface area contributed by atoms with Crippen LogP contribution in [-0.2, 0) is 6.42 Å². The van der Waals surface area contributed by atoms with E-state index >= 15 is 0 Å². The van der Waals surface area contributed by atoms with E-state index in [1.165, 1.54) is 10.9 Å². The van der Waals surface area contributed by atoms with E-state index in [1.807, 2.05) is 18.3 Å². The first-order chi connectivity index (χ1) is 13.0. The molecule has 0 unspecified atom stereocenters. The number of carbonyl (C=O) groups is 1. The molecule has 0 aliphatic heterocycles. The molecule has 2 aromatic heterocycles. The van der Waals surface area contributed by atoms with Gasteiger partial charge in [-0.3, -0.25) is 4.79 Å². The lowest BCUT2D eigenvalue weighted by Crippen LogP contribution is -2.26. The topological polar surface area (TPSA) is 82.7 Å². The minimum Gasteiger partial charge on any atom is -0.370 e. The Hall–Kier alpha value is -2.89. The molecule has 6 heteroatoms. The van der Waals surface area contributed by atoms with Gasteiger partial charge in [0.15, 0.2) is 0 Å². The van der Waals surface area contributed by atoms with Gasteiger partial charge in [0, 0.05) is 36.3 Å². The number of fused-ring (bicyclic) bond motifs is 1. The van der Waals surface area contributed by atoms with Crippen molar-refractivity contribution >= 4 is 22.6 Å². The highest BCUT2D eigenvalue weighted by molar-refractivity contribution is 5.92. The van der Waals surface area contributed by atoms with Gasteiger partial charge in [-0.2, -0.15) is 0 Å². The molecule has 0 atom stereocenters. The first kappa shape index (κ1) is 18.9. The van der Waals surface area contributed by atoms with Gasteiger partial charge in [0.25, 0.3) is 5.91 Å². The van der Waals surface area contributed by atoms with Crippen LogP contribution >= 0.6 is 0 Å². The molecule has 0 saturated carbocycles. The van der Waals surface area contributed by atoms with Crippen LogP contribution in [0.3, 0.4) is 0 Å². The number of carbonyl (C=O) groups excluding carboxylic acids is 1. The van der Waals surface area contributed by atoms with Crippen molar-refractivity contribution in [1.82, 2.24) is 20.3 Å². The SMILES string of the molecule is Cc1nc(NCCc2c[nH]c3ccccc23)cc(C(=O)NCCC(C)C)n1. The van der Waals surface area contributed by atoms with Crippen LogP contribution in [0.2, 0.25) is 0 Å². The Labute approximate surface area is 159 Å². The van der Waals surface area contributed by atoms with Crippen molar-refractivity contribution in [2.45, 2.75) is 33.6 Å². The molecule has 0 fully saturated rings. The lowest BCUT2D eigenvalue weighted by molar-refractivity contribution is 0.0946. The van der Waals surface area contributed by atoms with E-state index in [-0.39, 0.29) is 5.91 Å². The fraction of sp³-hybridized carbons (Fsp3) is 0.381. The molecule has 1 amide bonds. The zero-order valence-corrected chi connectivity index (χ0v) is 16.2. The Kier molecular flexibility index (Phi) is 6.06. The fourth-order valence-electron chi connectivity index (χ4n) is 3.00. The second kappa shape index (κ2) is 8.66. The molecule has 27 heavy (non-hydrogen) atoms. The van der Waals surface area contributed by atoms with Crippen LogP contribution in [0.15, 0.2) is 36.5 Å². The number of aromatic amines is 1. The molecule has 3 rings (SSSR count). The van der Waals surface area contributed by atoms with Crippen LogP contribution in [-0.4, -0.2) is 33.9 Å². The van der Waals surface area contributed by atoms with E-state index in [0.717, 1.165) is 24.9 Å². The number of aryl methyl sites for hydroxylation is 1. The summed E-state index contributed by atoms with van der Waals surface area (Å²) < 4.78 is 0. The van der Waals surface area contributed by atoms with Crippen molar-refractivity contribution in [3.05, 3.63) is 53.6 Å². The normalized spacial score (nSPS) is 11.1. The second-order valence-corrected chi connectivity index (χ2v) is 7.16. The maximum absolute atomic E-state index is 12.3. The standard InChI is InChI=1S/C21H27N5O/c1-14(2)8-10-23-21(27)19-12-20(26-15(3)25-19)22-11-9-16-13-24-18-7-5-4-6-17(16)18/h4-7,12-14,24H,8-11H2,1-3H3,(H,23,27)(H,22,25,26). The molecule has 6 nitrogen and oxygen atoms in total. The summed E-state index contributed by atoms with van der Waals surface area (Å²) >= 11 is 0. The zero-order valence-electron chi connectivity index (χ0n) is 16.2. The smallest absolute Gasteiger partial charge is 0.270 e. The highest BCUT2D eigenvalue weighted by atomic mass is 16.1. The molecule has 0 spiro atoms. The average molecular weight is 365 g/mol. The Balaban J connectivity index is 1.60. The van der Waals surface area contributed by atoms with Crippen molar-refractivity contribution in [1.29, 1.82) is 0 Å². The first-order valence-corrected chi connectivity index (χ1v) is 9.45. The van der Waals surface area contributed by atoms with Gasteiger partial charge in [0.1, 0.15) is 17.3 Å². The van der Waals surface area contributed by atoms with Gasteiger partial charge in [-0.05, 0) is 37.3 Å². The number of hydrogen-bond donors (Lipinski definition) is 3. The largest absolute Gasteiger partial charge is 0.370 e. The van der Waals surface area contributed by atoms with Gasteiger partial charge in [-0.15, -0.1) is 0 Å². The Morgan fingerprint density at radius 3 is 2.81 bits per heavy atom. The van der Waals surface area contributed by atoms with Crippen molar-refractivity contribution in [2.24, 2.45) is 5.92 Å². The van der Waals surface area contributed by atoms with Crippen LogP contribution < -0.4 is 10.6 Å². The molecule has 0 aliphatic rings. The van der Waals surface area contributed by atoms with Crippen molar-refractivity contribution < 1.29 is 4.79 Å². The number of amides is 1. The number of H-pyrrole nitrogens is 1. The Morgan fingerprint density at radius 2 is 2.00 bits per heavy atom. The summed E-state index contributed by atoms with van der Waals surface area (Å²) in [5.74, 6) is 1.66. The molecular weight excluding hydrogens is 338 g/mol. The summed E-state index contributed by atoms with van der Waals surface area (Å²) in [6.07, 6.45) is 3.86. The number of rotatable bonds is 8. The third-order valence-electron chi connectivity index (χ3n) is 4.45.